The zero-order valence-corrected chi connectivity index (χ0v) is 20.2. The van der Waals surface area contributed by atoms with Gasteiger partial charge in [0.25, 0.3) is 5.91 Å². The highest BCUT2D eigenvalue weighted by Gasteiger charge is 2.15. The van der Waals surface area contributed by atoms with Crippen molar-refractivity contribution < 1.29 is 29.3 Å². The number of amides is 1. The first-order valence-corrected chi connectivity index (χ1v) is 11.2. The molecule has 0 aliphatic carbocycles. The Morgan fingerprint density at radius 2 is 1.71 bits per heavy atom. The molecule has 0 unspecified atom stereocenters. The number of ether oxygens (including phenoxy) is 2. The zero-order valence-electron chi connectivity index (χ0n) is 18.6. The van der Waals surface area contributed by atoms with E-state index in [1.807, 2.05) is 13.0 Å². The maximum atomic E-state index is 12.6. The number of carbonyl (C=O) groups excluding carboxylic acids is 1. The molecule has 0 radical (unpaired) electrons. The summed E-state index contributed by atoms with van der Waals surface area (Å²) in [6, 6.07) is 17.5. The largest absolute Gasteiger partial charge is 0.508 e. The lowest BCUT2D eigenvalue weighted by Gasteiger charge is -2.14. The lowest BCUT2D eigenvalue weighted by Crippen LogP contribution is -2.13. The van der Waals surface area contributed by atoms with Crippen LogP contribution in [0.2, 0.25) is 0 Å². The topological polar surface area (TPSA) is 129 Å². The van der Waals surface area contributed by atoms with E-state index < -0.39 is 11.9 Å². The predicted octanol–water partition coefficient (Wildman–Crippen LogP) is 5.38. The number of aromatic hydroxyl groups is 1. The number of phenols is 1. The monoisotopic (exact) mass is 536 g/mol. The van der Waals surface area contributed by atoms with Crippen LogP contribution in [-0.2, 0) is 11.4 Å². The minimum absolute atomic E-state index is 0.0611. The van der Waals surface area contributed by atoms with Gasteiger partial charge in [0.15, 0.2) is 11.5 Å². The second-order valence-corrected chi connectivity index (χ2v) is 8.07. The van der Waals surface area contributed by atoms with Gasteiger partial charge in [-0.15, -0.1) is 0 Å². The normalized spacial score (nSPS) is 10.8. The van der Waals surface area contributed by atoms with Crippen LogP contribution in [-0.4, -0.2) is 28.7 Å². The average molecular weight is 537 g/mol. The first-order valence-electron chi connectivity index (χ1n) is 10.4. The molecule has 3 aromatic rings. The number of hydrogen-bond donors (Lipinski definition) is 3. The average Bonchev–Trinajstić information content (AvgIpc) is 2.84. The smallest absolute Gasteiger partial charge is 0.335 e. The number of hydrogen-bond acceptors (Lipinski definition) is 6. The Morgan fingerprint density at radius 1 is 1.06 bits per heavy atom. The minimum Gasteiger partial charge on any atom is -0.508 e. The van der Waals surface area contributed by atoms with E-state index >= 15 is 0 Å². The van der Waals surface area contributed by atoms with E-state index in [1.54, 1.807) is 24.3 Å². The van der Waals surface area contributed by atoms with Gasteiger partial charge in [0.05, 0.1) is 12.2 Å². The Balaban J connectivity index is 1.81. The van der Waals surface area contributed by atoms with Crippen LogP contribution in [0.5, 0.6) is 17.2 Å². The Bertz CT molecular complexity index is 1300. The van der Waals surface area contributed by atoms with E-state index in [1.165, 1.54) is 42.5 Å². The van der Waals surface area contributed by atoms with Crippen molar-refractivity contribution in [1.82, 2.24) is 0 Å². The molecule has 3 aromatic carbocycles. The summed E-state index contributed by atoms with van der Waals surface area (Å²) in [5, 5.41) is 30.5. The van der Waals surface area contributed by atoms with E-state index in [0.29, 0.717) is 33.8 Å². The van der Waals surface area contributed by atoms with Gasteiger partial charge in [0.2, 0.25) is 0 Å². The number of aromatic carboxylic acids is 1. The Labute approximate surface area is 210 Å². The summed E-state index contributed by atoms with van der Waals surface area (Å²) >= 11 is 3.45. The second kappa shape index (κ2) is 11.7. The van der Waals surface area contributed by atoms with Gasteiger partial charge in [0.1, 0.15) is 24.0 Å². The highest BCUT2D eigenvalue weighted by Crippen LogP contribution is 2.35. The molecule has 178 valence electrons. The summed E-state index contributed by atoms with van der Waals surface area (Å²) in [6.45, 7) is 2.36. The molecule has 3 N–H and O–H groups in total. The quantitative estimate of drug-likeness (QED) is 0.190. The molecule has 0 saturated heterocycles. The minimum atomic E-state index is -1.00. The third-order valence-electron chi connectivity index (χ3n) is 4.75. The molecule has 8 nitrogen and oxygen atoms in total. The van der Waals surface area contributed by atoms with Crippen LogP contribution < -0.4 is 14.8 Å². The molecule has 0 spiro atoms. The van der Waals surface area contributed by atoms with Gasteiger partial charge >= 0.3 is 5.97 Å². The molecular weight excluding hydrogens is 516 g/mol. The molecular formula is C26H21BrN2O6. The van der Waals surface area contributed by atoms with Crippen molar-refractivity contribution in [2.24, 2.45) is 0 Å². The van der Waals surface area contributed by atoms with Gasteiger partial charge in [-0.25, -0.2) is 4.79 Å². The third kappa shape index (κ3) is 6.85. The van der Waals surface area contributed by atoms with E-state index in [0.717, 1.165) is 5.56 Å². The number of carboxylic acid groups (broad SMARTS) is 1. The number of nitrogens with one attached hydrogen (secondary N) is 1. The number of nitriles is 1. The molecule has 0 heterocycles. The maximum absolute atomic E-state index is 12.6. The molecule has 0 saturated carbocycles. The standard InChI is InChI=1S/C26H21BrN2O6/c1-2-34-23-12-18(11-19(14-28)25(31)29-20-7-9-21(30)10-8-20)22(27)13-24(23)35-15-16-3-5-17(6-4-16)26(32)33/h3-13,30H,2,15H2,1H3,(H,29,31)(H,32,33)/b19-11+. The number of carbonyl (C=O) groups is 2. The fraction of sp³-hybridized carbons (Fsp3) is 0.115. The van der Waals surface area contributed by atoms with E-state index in [2.05, 4.69) is 21.2 Å². The van der Waals surface area contributed by atoms with Crippen LogP contribution in [0.1, 0.15) is 28.4 Å². The number of halogens is 1. The van der Waals surface area contributed by atoms with E-state index in [4.69, 9.17) is 14.6 Å². The van der Waals surface area contributed by atoms with E-state index in [9.17, 15) is 20.0 Å². The van der Waals surface area contributed by atoms with Crippen molar-refractivity contribution in [2.75, 3.05) is 11.9 Å². The van der Waals surface area contributed by atoms with Crippen molar-refractivity contribution in [2.45, 2.75) is 13.5 Å². The van der Waals surface area contributed by atoms with Gasteiger partial charge < -0.3 is 25.0 Å². The SMILES string of the molecule is CCOc1cc(/C=C(\C#N)C(=O)Nc2ccc(O)cc2)c(Br)cc1OCc1ccc(C(=O)O)cc1. The number of anilines is 1. The first kappa shape index (κ1) is 25.3. The van der Waals surface area contributed by atoms with Crippen molar-refractivity contribution in [3.63, 3.8) is 0 Å². The molecule has 0 atom stereocenters. The zero-order chi connectivity index (χ0) is 25.4. The number of phenolic OH excluding ortho intramolecular Hbond substituents is 1. The maximum Gasteiger partial charge on any atom is 0.335 e. The van der Waals surface area contributed by atoms with Crippen molar-refractivity contribution >= 4 is 39.6 Å². The van der Waals surface area contributed by atoms with Crippen LogP contribution in [0.15, 0.2) is 70.7 Å². The number of nitrogens with zero attached hydrogens (tertiary/aromatic N) is 1. The van der Waals surface area contributed by atoms with Crippen molar-refractivity contribution in [1.29, 1.82) is 5.26 Å². The molecule has 1 amide bonds. The third-order valence-corrected chi connectivity index (χ3v) is 5.43. The van der Waals surface area contributed by atoms with Gasteiger partial charge in [-0.2, -0.15) is 5.26 Å². The van der Waals surface area contributed by atoms with Gasteiger partial charge in [0, 0.05) is 10.2 Å². The van der Waals surface area contributed by atoms with Gasteiger partial charge in [-0.05, 0) is 72.7 Å². The van der Waals surface area contributed by atoms with Crippen LogP contribution in [0.4, 0.5) is 5.69 Å². The fourth-order valence-corrected chi connectivity index (χ4v) is 3.43. The molecule has 0 fully saturated rings. The number of carboxylic acids is 1. The summed E-state index contributed by atoms with van der Waals surface area (Å²) < 4.78 is 12.2. The van der Waals surface area contributed by atoms with Gasteiger partial charge in [-0.1, -0.05) is 28.1 Å². The van der Waals surface area contributed by atoms with Crippen LogP contribution in [0, 0.1) is 11.3 Å². The Kier molecular flexibility index (Phi) is 8.48. The van der Waals surface area contributed by atoms with Crippen molar-refractivity contribution in [3.8, 4) is 23.3 Å². The van der Waals surface area contributed by atoms with Crippen LogP contribution in [0.3, 0.4) is 0 Å². The summed E-state index contributed by atoms with van der Waals surface area (Å²) in [5.41, 5.74) is 1.79. The van der Waals surface area contributed by atoms with Crippen molar-refractivity contribution in [3.05, 3.63) is 87.4 Å². The van der Waals surface area contributed by atoms with E-state index in [-0.39, 0.29) is 23.5 Å². The molecule has 9 heteroatoms. The van der Waals surface area contributed by atoms with Crippen LogP contribution >= 0.6 is 15.9 Å². The molecule has 3 rings (SSSR count). The number of benzene rings is 3. The van der Waals surface area contributed by atoms with Gasteiger partial charge in [-0.3, -0.25) is 4.79 Å². The summed E-state index contributed by atoms with van der Waals surface area (Å²) in [7, 11) is 0. The lowest BCUT2D eigenvalue weighted by atomic mass is 10.1. The fourth-order valence-electron chi connectivity index (χ4n) is 2.99. The highest BCUT2D eigenvalue weighted by molar-refractivity contribution is 9.10. The summed E-state index contributed by atoms with van der Waals surface area (Å²) in [6.07, 6.45) is 1.43. The highest BCUT2D eigenvalue weighted by atomic mass is 79.9. The predicted molar refractivity (Wildman–Crippen MR) is 133 cm³/mol. The molecule has 0 aliphatic heterocycles. The van der Waals surface area contributed by atoms with Crippen LogP contribution in [0.25, 0.3) is 6.08 Å². The molecule has 0 aliphatic rings. The summed E-state index contributed by atoms with van der Waals surface area (Å²) in [4.78, 5) is 23.6. The second-order valence-electron chi connectivity index (χ2n) is 7.22. The lowest BCUT2D eigenvalue weighted by molar-refractivity contribution is -0.112. The summed E-state index contributed by atoms with van der Waals surface area (Å²) in [5.74, 6) is -0.693. The molecule has 0 bridgehead atoms. The Hall–Kier alpha value is -4.29. The first-order chi connectivity index (χ1) is 16.8. The number of rotatable bonds is 9. The molecule has 35 heavy (non-hydrogen) atoms. The molecule has 0 aromatic heterocycles. The Morgan fingerprint density at radius 3 is 2.31 bits per heavy atom.